The minimum atomic E-state index is -0.825. The number of amides is 2. The van der Waals surface area contributed by atoms with Gasteiger partial charge in [-0.25, -0.2) is 14.1 Å². The lowest BCUT2D eigenvalue weighted by Crippen LogP contribution is -2.31. The number of ether oxygens (including phenoxy) is 2. The summed E-state index contributed by atoms with van der Waals surface area (Å²) >= 11 is 1.15. The fraction of sp³-hybridized carbons (Fsp3) is 0.250. The number of rotatable bonds is 4. The summed E-state index contributed by atoms with van der Waals surface area (Å²) in [6, 6.07) is 1.60. The van der Waals surface area contributed by atoms with Crippen molar-refractivity contribution in [3.8, 4) is 11.5 Å². The number of halogens is 1. The maximum absolute atomic E-state index is 13.9. The zero-order chi connectivity index (χ0) is 15.6. The summed E-state index contributed by atoms with van der Waals surface area (Å²) in [4.78, 5) is 12.8. The molecular weight excluding hydrogens is 299 g/mol. The molecule has 1 aromatic heterocycles. The molecule has 0 aliphatic heterocycles. The first kappa shape index (κ1) is 15.0. The van der Waals surface area contributed by atoms with Crippen molar-refractivity contribution >= 4 is 28.2 Å². The number of urea groups is 1. The van der Waals surface area contributed by atoms with E-state index in [1.165, 1.54) is 20.3 Å². The van der Waals surface area contributed by atoms with Gasteiger partial charge in [0.1, 0.15) is 10.8 Å². The van der Waals surface area contributed by atoms with Gasteiger partial charge in [-0.05, 0) is 6.92 Å². The van der Waals surface area contributed by atoms with E-state index in [1.807, 2.05) is 0 Å². The zero-order valence-corrected chi connectivity index (χ0v) is 12.4. The smallest absolute Gasteiger partial charge is 0.325 e. The van der Waals surface area contributed by atoms with E-state index in [1.54, 1.807) is 6.92 Å². The Morgan fingerprint density at radius 3 is 2.43 bits per heavy atom. The maximum Gasteiger partial charge on any atom is 0.325 e. The number of methoxy groups -OCH3 is 2. The van der Waals surface area contributed by atoms with E-state index in [9.17, 15) is 9.18 Å². The predicted molar refractivity (Wildman–Crippen MR) is 75.9 cm³/mol. The fourth-order valence-corrected chi connectivity index (χ4v) is 2.42. The van der Waals surface area contributed by atoms with Gasteiger partial charge in [-0.2, -0.15) is 0 Å². The van der Waals surface area contributed by atoms with Crippen molar-refractivity contribution in [2.45, 2.75) is 6.92 Å². The summed E-state index contributed by atoms with van der Waals surface area (Å²) in [6.07, 6.45) is 0. The van der Waals surface area contributed by atoms with E-state index >= 15 is 0 Å². The van der Waals surface area contributed by atoms with E-state index in [2.05, 4.69) is 10.2 Å². The number of aryl methyl sites for hydroxylation is 1. The molecule has 2 N–H and O–H groups in total. The van der Waals surface area contributed by atoms with Gasteiger partial charge in [0.15, 0.2) is 11.6 Å². The Morgan fingerprint density at radius 2 is 1.95 bits per heavy atom. The van der Waals surface area contributed by atoms with Crippen LogP contribution in [0.15, 0.2) is 12.1 Å². The Hall–Kier alpha value is -2.42. The van der Waals surface area contributed by atoms with E-state index in [4.69, 9.17) is 15.2 Å². The quantitative estimate of drug-likeness (QED) is 0.934. The normalized spacial score (nSPS) is 10.3. The monoisotopic (exact) mass is 312 g/mol. The van der Waals surface area contributed by atoms with Crippen LogP contribution in [0, 0.1) is 12.7 Å². The van der Waals surface area contributed by atoms with Gasteiger partial charge in [0, 0.05) is 12.1 Å². The number of hydrogen-bond acceptors (Lipinski definition) is 6. The third-order valence-electron chi connectivity index (χ3n) is 2.62. The van der Waals surface area contributed by atoms with Crippen LogP contribution in [0.4, 0.5) is 20.0 Å². The van der Waals surface area contributed by atoms with Crippen molar-refractivity contribution in [1.29, 1.82) is 0 Å². The molecule has 0 saturated heterocycles. The highest BCUT2D eigenvalue weighted by molar-refractivity contribution is 7.15. The van der Waals surface area contributed by atoms with Crippen molar-refractivity contribution in [3.63, 3.8) is 0 Å². The molecule has 0 saturated carbocycles. The Kier molecular flexibility index (Phi) is 4.22. The molecule has 0 unspecified atom stereocenters. The number of nitrogens with two attached hydrogens (primary N) is 1. The molecule has 9 heteroatoms. The van der Waals surface area contributed by atoms with Crippen molar-refractivity contribution < 1.29 is 18.7 Å². The summed E-state index contributed by atoms with van der Waals surface area (Å²) in [5, 5.41) is 8.53. The van der Waals surface area contributed by atoms with Crippen molar-refractivity contribution in [2.75, 3.05) is 19.1 Å². The van der Waals surface area contributed by atoms with Crippen LogP contribution in [0.5, 0.6) is 11.5 Å². The molecule has 0 bridgehead atoms. The molecule has 2 aromatic rings. The highest BCUT2D eigenvalue weighted by Gasteiger charge is 2.24. The molecule has 1 heterocycles. The predicted octanol–water partition coefficient (Wildman–Crippen LogP) is 2.22. The van der Waals surface area contributed by atoms with Crippen LogP contribution in [0.2, 0.25) is 0 Å². The van der Waals surface area contributed by atoms with Gasteiger partial charge < -0.3 is 15.2 Å². The summed E-state index contributed by atoms with van der Waals surface area (Å²) in [5.41, 5.74) is 5.50. The van der Waals surface area contributed by atoms with Crippen LogP contribution < -0.4 is 20.1 Å². The lowest BCUT2D eigenvalue weighted by Gasteiger charge is -2.20. The van der Waals surface area contributed by atoms with Gasteiger partial charge in [-0.1, -0.05) is 11.3 Å². The number of hydrogen-bond donors (Lipinski definition) is 1. The summed E-state index contributed by atoms with van der Waals surface area (Å²) < 4.78 is 24.0. The van der Waals surface area contributed by atoms with E-state index in [-0.39, 0.29) is 22.3 Å². The maximum atomic E-state index is 13.9. The minimum Gasteiger partial charge on any atom is -0.494 e. The fourth-order valence-electron chi connectivity index (χ4n) is 1.71. The zero-order valence-electron chi connectivity index (χ0n) is 11.6. The molecular formula is C12H13FN4O3S. The lowest BCUT2D eigenvalue weighted by molar-refractivity contribution is 0.255. The first-order valence-electron chi connectivity index (χ1n) is 5.79. The summed E-state index contributed by atoms with van der Waals surface area (Å²) in [6.45, 7) is 1.73. The highest BCUT2D eigenvalue weighted by Crippen LogP contribution is 2.38. The van der Waals surface area contributed by atoms with Crippen LogP contribution in [0.1, 0.15) is 5.01 Å². The van der Waals surface area contributed by atoms with Crippen LogP contribution in [-0.2, 0) is 0 Å². The van der Waals surface area contributed by atoms with Crippen LogP contribution in [0.3, 0.4) is 0 Å². The first-order chi connectivity index (χ1) is 9.97. The second-order valence-electron chi connectivity index (χ2n) is 3.94. The SMILES string of the molecule is COc1cc(OC)c(N(C(N)=O)c2nnc(C)s2)cc1F. The topological polar surface area (TPSA) is 90.6 Å². The molecule has 7 nitrogen and oxygen atoms in total. The lowest BCUT2D eigenvalue weighted by atomic mass is 10.2. The molecule has 2 amide bonds. The molecule has 0 spiro atoms. The molecule has 0 aliphatic carbocycles. The van der Waals surface area contributed by atoms with Crippen LogP contribution in [-0.4, -0.2) is 30.4 Å². The molecule has 2 rings (SSSR count). The molecule has 0 aliphatic rings. The van der Waals surface area contributed by atoms with Crippen molar-refractivity contribution in [3.05, 3.63) is 23.0 Å². The highest BCUT2D eigenvalue weighted by atomic mass is 32.1. The van der Waals surface area contributed by atoms with Crippen molar-refractivity contribution in [1.82, 2.24) is 10.2 Å². The van der Waals surface area contributed by atoms with Crippen molar-refractivity contribution in [2.24, 2.45) is 5.73 Å². The van der Waals surface area contributed by atoms with Gasteiger partial charge in [0.05, 0.1) is 19.9 Å². The number of nitrogens with zero attached hydrogens (tertiary/aromatic N) is 3. The number of benzene rings is 1. The molecule has 21 heavy (non-hydrogen) atoms. The Bertz CT molecular complexity index is 677. The second kappa shape index (κ2) is 5.92. The number of carbonyl (C=O) groups is 1. The standard InChI is InChI=1S/C12H13FN4O3S/c1-6-15-16-12(21-6)17(11(14)18)8-4-7(13)9(19-2)5-10(8)20-3/h4-5H,1-3H3,(H2,14,18). The van der Waals surface area contributed by atoms with Crippen LogP contribution >= 0.6 is 11.3 Å². The Labute approximate surface area is 124 Å². The molecule has 0 fully saturated rings. The summed E-state index contributed by atoms with van der Waals surface area (Å²) in [7, 11) is 2.72. The largest absolute Gasteiger partial charge is 0.494 e. The molecule has 0 atom stereocenters. The summed E-state index contributed by atoms with van der Waals surface area (Å²) in [5.74, 6) is -0.436. The Balaban J connectivity index is 2.60. The molecule has 0 radical (unpaired) electrons. The number of aromatic nitrogens is 2. The van der Waals surface area contributed by atoms with Gasteiger partial charge in [0.25, 0.3) is 0 Å². The average Bonchev–Trinajstić information content (AvgIpc) is 2.85. The third-order valence-corrected chi connectivity index (χ3v) is 3.45. The number of carbonyl (C=O) groups excluding carboxylic acids is 1. The number of primary amides is 1. The van der Waals surface area contributed by atoms with Crippen LogP contribution in [0.25, 0.3) is 0 Å². The van der Waals surface area contributed by atoms with E-state index in [0.29, 0.717) is 5.01 Å². The minimum absolute atomic E-state index is 0.00605. The number of anilines is 2. The van der Waals surface area contributed by atoms with Gasteiger partial charge >= 0.3 is 6.03 Å². The molecule has 1 aromatic carbocycles. The molecule has 112 valence electrons. The van der Waals surface area contributed by atoms with Gasteiger partial charge in [-0.15, -0.1) is 10.2 Å². The second-order valence-corrected chi connectivity index (χ2v) is 5.10. The van der Waals surface area contributed by atoms with Gasteiger partial charge in [-0.3, -0.25) is 0 Å². The van der Waals surface area contributed by atoms with E-state index in [0.717, 1.165) is 22.3 Å². The Morgan fingerprint density at radius 1 is 1.29 bits per heavy atom. The third kappa shape index (κ3) is 2.87. The first-order valence-corrected chi connectivity index (χ1v) is 6.60. The van der Waals surface area contributed by atoms with Gasteiger partial charge in [0.2, 0.25) is 5.13 Å². The average molecular weight is 312 g/mol. The van der Waals surface area contributed by atoms with E-state index < -0.39 is 11.8 Å².